The second-order valence-electron chi connectivity index (χ2n) is 0.721. The van der Waals surface area contributed by atoms with Gasteiger partial charge in [0.25, 0.3) is 0 Å². The molecule has 0 atom stereocenters. The van der Waals surface area contributed by atoms with E-state index in [1.807, 2.05) is 0 Å². The Hall–Kier alpha value is -0.920. The molecule has 0 radical (unpaired) electrons. The minimum atomic E-state index is 0. The highest BCUT2D eigenvalue weighted by Crippen LogP contribution is 1.61. The molecule has 0 saturated heterocycles. The topological polar surface area (TPSA) is 60.9 Å². The van der Waals surface area contributed by atoms with Crippen LogP contribution < -0.4 is 0 Å². The van der Waals surface area contributed by atoms with Crippen LogP contribution >= 0.6 is 0 Å². The molecule has 3 heteroatoms. The normalized spacial score (nSPS) is 5.14. The van der Waals surface area contributed by atoms with E-state index < -0.39 is 0 Å². The van der Waals surface area contributed by atoms with Gasteiger partial charge in [0.15, 0.2) is 0 Å². The van der Waals surface area contributed by atoms with Crippen LogP contribution in [0.3, 0.4) is 0 Å². The van der Waals surface area contributed by atoms with Gasteiger partial charge in [-0.1, -0.05) is 6.08 Å². The molecule has 0 rings (SSSR count). The van der Waals surface area contributed by atoms with Crippen LogP contribution in [0.25, 0.3) is 0 Å². The van der Waals surface area contributed by atoms with Gasteiger partial charge in [0, 0.05) is 0 Å². The van der Waals surface area contributed by atoms with Crippen molar-refractivity contribution in [1.82, 2.24) is 0 Å². The Morgan fingerprint density at radius 2 is 2.43 bits per heavy atom. The van der Waals surface area contributed by atoms with Gasteiger partial charge in [-0.05, 0) is 0 Å². The average molecular weight is 101 g/mol. The number of hydrogen-bond donors (Lipinski definition) is 0. The van der Waals surface area contributed by atoms with Gasteiger partial charge in [-0.15, -0.1) is 6.58 Å². The zero-order chi connectivity index (χ0) is 4.83. The lowest BCUT2D eigenvalue weighted by molar-refractivity contribution is 0.564. The van der Waals surface area contributed by atoms with Gasteiger partial charge in [0.05, 0.1) is 6.54 Å². The minimum Gasteiger partial charge on any atom is -0.412 e. The lowest BCUT2D eigenvalue weighted by atomic mass is 10.7. The Morgan fingerprint density at radius 1 is 1.86 bits per heavy atom. The van der Waals surface area contributed by atoms with E-state index in [0.29, 0.717) is 6.54 Å². The van der Waals surface area contributed by atoms with Crippen LogP contribution in [-0.2, 0) is 4.79 Å². The molecule has 0 bridgehead atoms. The third-order valence-electron chi connectivity index (χ3n) is 0.285. The Kier molecular flexibility index (Phi) is 12.0. The van der Waals surface area contributed by atoms with Crippen LogP contribution in [0, 0.1) is 0 Å². The van der Waals surface area contributed by atoms with E-state index in [2.05, 4.69) is 11.6 Å². The second kappa shape index (κ2) is 8.91. The van der Waals surface area contributed by atoms with Crippen molar-refractivity contribution in [3.8, 4) is 0 Å². The fourth-order valence-electron chi connectivity index (χ4n) is 0.102. The summed E-state index contributed by atoms with van der Waals surface area (Å²) in [6.45, 7) is 3.70. The maximum absolute atomic E-state index is 9.22. The van der Waals surface area contributed by atoms with Crippen molar-refractivity contribution in [2.45, 2.75) is 0 Å². The molecule has 0 amide bonds. The van der Waals surface area contributed by atoms with E-state index in [1.165, 1.54) is 12.2 Å². The van der Waals surface area contributed by atoms with Crippen LogP contribution in [0.4, 0.5) is 0 Å². The summed E-state index contributed by atoms with van der Waals surface area (Å²) < 4.78 is 0. The lowest BCUT2D eigenvalue weighted by Crippen LogP contribution is -1.63. The summed E-state index contributed by atoms with van der Waals surface area (Å²) in [4.78, 5) is 12.4. The standard InChI is InChI=1S/C4H5NO.H2O/c1-2-3-5-4-6;/h2H,1,3H2;1H2. The number of rotatable bonds is 2. The SMILES string of the molecule is C=CCN=C=O.O. The summed E-state index contributed by atoms with van der Waals surface area (Å²) in [5, 5.41) is 0. The van der Waals surface area contributed by atoms with Crippen LogP contribution in [-0.4, -0.2) is 18.1 Å². The predicted octanol–water partition coefficient (Wildman–Crippen LogP) is -0.317. The van der Waals surface area contributed by atoms with Crippen LogP contribution in [0.1, 0.15) is 0 Å². The van der Waals surface area contributed by atoms with Crippen molar-refractivity contribution < 1.29 is 10.3 Å². The van der Waals surface area contributed by atoms with Crippen molar-refractivity contribution in [3.05, 3.63) is 12.7 Å². The Morgan fingerprint density at radius 3 is 2.57 bits per heavy atom. The maximum atomic E-state index is 9.22. The molecule has 0 unspecified atom stereocenters. The van der Waals surface area contributed by atoms with Crippen molar-refractivity contribution in [3.63, 3.8) is 0 Å². The molecule has 0 heterocycles. The predicted molar refractivity (Wildman–Crippen MR) is 26.8 cm³/mol. The molecule has 0 fully saturated rings. The first-order valence-electron chi connectivity index (χ1n) is 1.56. The second-order valence-corrected chi connectivity index (χ2v) is 0.721. The summed E-state index contributed by atoms with van der Waals surface area (Å²) in [6.07, 6.45) is 2.90. The molecule has 0 aliphatic carbocycles. The molecule has 0 aliphatic rings. The van der Waals surface area contributed by atoms with Crippen molar-refractivity contribution in [2.24, 2.45) is 4.99 Å². The lowest BCUT2D eigenvalue weighted by Gasteiger charge is -1.64. The van der Waals surface area contributed by atoms with Gasteiger partial charge in [0.1, 0.15) is 0 Å². The summed E-state index contributed by atoms with van der Waals surface area (Å²) >= 11 is 0. The van der Waals surface area contributed by atoms with Gasteiger partial charge in [-0.3, -0.25) is 0 Å². The van der Waals surface area contributed by atoms with Crippen molar-refractivity contribution >= 4 is 6.08 Å². The molecule has 0 saturated carbocycles. The van der Waals surface area contributed by atoms with Crippen molar-refractivity contribution in [1.29, 1.82) is 0 Å². The highest BCUT2D eigenvalue weighted by atomic mass is 16.1. The zero-order valence-electron chi connectivity index (χ0n) is 3.85. The van der Waals surface area contributed by atoms with Gasteiger partial charge < -0.3 is 5.48 Å². The van der Waals surface area contributed by atoms with Gasteiger partial charge in [-0.2, -0.15) is 0 Å². The Balaban J connectivity index is 0. The number of isocyanates is 1. The number of hydrogen-bond acceptors (Lipinski definition) is 2. The van der Waals surface area contributed by atoms with Gasteiger partial charge in [0.2, 0.25) is 6.08 Å². The first-order chi connectivity index (χ1) is 2.91. The first-order valence-corrected chi connectivity index (χ1v) is 1.56. The molecule has 7 heavy (non-hydrogen) atoms. The number of carbonyl (C=O) groups excluding carboxylic acids is 1. The van der Waals surface area contributed by atoms with E-state index in [4.69, 9.17) is 0 Å². The van der Waals surface area contributed by atoms with Gasteiger partial charge in [-0.25, -0.2) is 9.79 Å². The highest BCUT2D eigenvalue weighted by molar-refractivity contribution is 5.33. The molecule has 0 spiro atoms. The Labute approximate surface area is 41.7 Å². The summed E-state index contributed by atoms with van der Waals surface area (Å²) in [6, 6.07) is 0. The Bertz CT molecular complexity index is 83.7. The number of aliphatic imine (C=N–C) groups is 1. The molecular formula is C4H7NO2. The summed E-state index contributed by atoms with van der Waals surface area (Å²) in [5.41, 5.74) is 0. The van der Waals surface area contributed by atoms with Crippen LogP contribution in [0.15, 0.2) is 17.6 Å². The fraction of sp³-hybridized carbons (Fsp3) is 0.250. The maximum Gasteiger partial charge on any atom is 0.235 e. The van der Waals surface area contributed by atoms with Gasteiger partial charge >= 0.3 is 0 Å². The highest BCUT2D eigenvalue weighted by Gasteiger charge is 1.58. The summed E-state index contributed by atoms with van der Waals surface area (Å²) in [5.74, 6) is 0. The molecule has 3 nitrogen and oxygen atoms in total. The number of nitrogens with zero attached hydrogens (tertiary/aromatic N) is 1. The quantitative estimate of drug-likeness (QED) is 0.267. The van der Waals surface area contributed by atoms with E-state index in [9.17, 15) is 4.79 Å². The van der Waals surface area contributed by atoms with E-state index in [-0.39, 0.29) is 5.48 Å². The molecule has 0 aromatic rings. The molecule has 2 N–H and O–H groups in total. The fourth-order valence-corrected chi connectivity index (χ4v) is 0.102. The smallest absolute Gasteiger partial charge is 0.235 e. The minimum absolute atomic E-state index is 0. The molecule has 40 valence electrons. The molecule has 0 aromatic heterocycles. The zero-order valence-corrected chi connectivity index (χ0v) is 3.85. The van der Waals surface area contributed by atoms with Crippen LogP contribution in [0.2, 0.25) is 0 Å². The largest absolute Gasteiger partial charge is 0.412 e. The van der Waals surface area contributed by atoms with E-state index in [0.717, 1.165) is 0 Å². The van der Waals surface area contributed by atoms with E-state index >= 15 is 0 Å². The molecule has 0 aromatic carbocycles. The molecular weight excluding hydrogens is 94.0 g/mol. The monoisotopic (exact) mass is 101 g/mol. The average Bonchev–Trinajstić information content (AvgIpc) is 1.61. The van der Waals surface area contributed by atoms with Crippen molar-refractivity contribution in [2.75, 3.05) is 6.54 Å². The van der Waals surface area contributed by atoms with Crippen LogP contribution in [0.5, 0.6) is 0 Å². The third-order valence-corrected chi connectivity index (χ3v) is 0.285. The first kappa shape index (κ1) is 9.43. The molecule has 0 aliphatic heterocycles. The summed E-state index contributed by atoms with van der Waals surface area (Å²) in [7, 11) is 0. The third kappa shape index (κ3) is 11.1. The van der Waals surface area contributed by atoms with E-state index in [1.54, 1.807) is 0 Å².